The van der Waals surface area contributed by atoms with E-state index in [9.17, 15) is 4.79 Å². The van der Waals surface area contributed by atoms with E-state index >= 15 is 0 Å². The summed E-state index contributed by atoms with van der Waals surface area (Å²) in [5, 5.41) is 10.0. The normalized spacial score (nSPS) is 15.0. The molecule has 3 aromatic heterocycles. The third kappa shape index (κ3) is 3.53. The number of amides is 1. The van der Waals surface area contributed by atoms with Crippen molar-refractivity contribution in [3.05, 3.63) is 49.2 Å². The Balaban J connectivity index is 1.34. The monoisotopic (exact) mass is 349 g/mol. The van der Waals surface area contributed by atoms with Gasteiger partial charge in [0.2, 0.25) is 5.91 Å². The fourth-order valence-electron chi connectivity index (χ4n) is 3.11. The molecule has 0 atom stereocenters. The number of aromatic amines is 1. The van der Waals surface area contributed by atoms with Crippen LogP contribution in [-0.4, -0.2) is 44.1 Å². The van der Waals surface area contributed by atoms with Crippen molar-refractivity contribution in [2.24, 2.45) is 5.92 Å². The predicted molar refractivity (Wildman–Crippen MR) is 97.4 cm³/mol. The SMILES string of the molecule is O=C(Nc1cc(-c2cccnc2)[nH]n1)C1CCN(c2cnccn2)CC1. The lowest BCUT2D eigenvalue weighted by Crippen LogP contribution is -2.38. The first-order chi connectivity index (χ1) is 12.8. The quantitative estimate of drug-likeness (QED) is 0.748. The fraction of sp³-hybridized carbons (Fsp3) is 0.278. The molecule has 1 amide bonds. The molecule has 0 radical (unpaired) electrons. The van der Waals surface area contributed by atoms with Crippen molar-refractivity contribution in [2.75, 3.05) is 23.3 Å². The van der Waals surface area contributed by atoms with Gasteiger partial charge in [-0.15, -0.1) is 0 Å². The molecule has 1 aliphatic heterocycles. The molecule has 4 rings (SSSR count). The lowest BCUT2D eigenvalue weighted by molar-refractivity contribution is -0.120. The number of nitrogens with one attached hydrogen (secondary N) is 2. The topological polar surface area (TPSA) is 99.7 Å². The van der Waals surface area contributed by atoms with Crippen LogP contribution >= 0.6 is 0 Å². The van der Waals surface area contributed by atoms with Crippen molar-refractivity contribution < 1.29 is 4.79 Å². The number of carbonyl (C=O) groups excluding carboxylic acids is 1. The number of hydrogen-bond donors (Lipinski definition) is 2. The average Bonchev–Trinajstić information content (AvgIpc) is 3.18. The van der Waals surface area contributed by atoms with Crippen LogP contribution in [0.4, 0.5) is 11.6 Å². The Morgan fingerprint density at radius 1 is 1.15 bits per heavy atom. The van der Waals surface area contributed by atoms with Crippen molar-refractivity contribution in [3.8, 4) is 11.3 Å². The number of H-pyrrole nitrogens is 1. The molecule has 132 valence electrons. The Kier molecular flexibility index (Phi) is 4.55. The molecule has 3 aromatic rings. The van der Waals surface area contributed by atoms with Gasteiger partial charge < -0.3 is 10.2 Å². The highest BCUT2D eigenvalue weighted by atomic mass is 16.2. The van der Waals surface area contributed by atoms with Crippen molar-refractivity contribution >= 4 is 17.5 Å². The van der Waals surface area contributed by atoms with E-state index in [1.165, 1.54) is 0 Å². The van der Waals surface area contributed by atoms with Crippen LogP contribution in [-0.2, 0) is 4.79 Å². The summed E-state index contributed by atoms with van der Waals surface area (Å²) < 4.78 is 0. The minimum absolute atomic E-state index is 0.00744. The predicted octanol–water partition coefficient (Wildman–Crippen LogP) is 2.12. The molecule has 1 fully saturated rings. The maximum atomic E-state index is 12.5. The minimum atomic E-state index is -0.0264. The highest BCUT2D eigenvalue weighted by molar-refractivity contribution is 5.92. The number of anilines is 2. The molecule has 0 aromatic carbocycles. The smallest absolute Gasteiger partial charge is 0.228 e. The summed E-state index contributed by atoms with van der Waals surface area (Å²) in [5.74, 6) is 1.37. The number of nitrogens with zero attached hydrogens (tertiary/aromatic N) is 5. The van der Waals surface area contributed by atoms with Crippen LogP contribution in [0, 0.1) is 5.92 Å². The zero-order valence-corrected chi connectivity index (χ0v) is 14.2. The lowest BCUT2D eigenvalue weighted by atomic mass is 9.96. The van der Waals surface area contributed by atoms with Gasteiger partial charge in [0.1, 0.15) is 5.82 Å². The van der Waals surface area contributed by atoms with Gasteiger partial charge in [0.15, 0.2) is 5.82 Å². The van der Waals surface area contributed by atoms with E-state index in [1.54, 1.807) is 31.0 Å². The second-order valence-corrected chi connectivity index (χ2v) is 6.22. The van der Waals surface area contributed by atoms with Crippen molar-refractivity contribution in [1.29, 1.82) is 0 Å². The van der Waals surface area contributed by atoms with Gasteiger partial charge in [-0.3, -0.25) is 19.9 Å². The highest BCUT2D eigenvalue weighted by Gasteiger charge is 2.26. The molecule has 0 unspecified atom stereocenters. The van der Waals surface area contributed by atoms with Gasteiger partial charge in [0, 0.05) is 55.4 Å². The van der Waals surface area contributed by atoms with Crippen LogP contribution in [0.3, 0.4) is 0 Å². The Bertz CT molecular complexity index is 858. The van der Waals surface area contributed by atoms with Gasteiger partial charge in [0.25, 0.3) is 0 Å². The second kappa shape index (κ2) is 7.30. The second-order valence-electron chi connectivity index (χ2n) is 6.22. The first kappa shape index (κ1) is 16.2. The molecule has 26 heavy (non-hydrogen) atoms. The molecule has 1 aliphatic rings. The zero-order chi connectivity index (χ0) is 17.8. The molecular weight excluding hydrogens is 330 g/mol. The van der Waals surface area contributed by atoms with Crippen molar-refractivity contribution in [2.45, 2.75) is 12.8 Å². The lowest BCUT2D eigenvalue weighted by Gasteiger charge is -2.31. The average molecular weight is 349 g/mol. The number of carbonyl (C=O) groups is 1. The molecule has 1 saturated heterocycles. The molecule has 0 bridgehead atoms. The van der Waals surface area contributed by atoms with Crippen molar-refractivity contribution in [1.82, 2.24) is 25.1 Å². The number of aromatic nitrogens is 5. The fourth-order valence-corrected chi connectivity index (χ4v) is 3.11. The number of pyridine rings is 1. The van der Waals surface area contributed by atoms with Gasteiger partial charge >= 0.3 is 0 Å². The Morgan fingerprint density at radius 3 is 2.73 bits per heavy atom. The summed E-state index contributed by atoms with van der Waals surface area (Å²) in [6.45, 7) is 1.58. The van der Waals surface area contributed by atoms with E-state index in [2.05, 4.69) is 35.4 Å². The molecule has 8 nitrogen and oxygen atoms in total. The first-order valence-corrected chi connectivity index (χ1v) is 8.57. The van der Waals surface area contributed by atoms with Gasteiger partial charge in [-0.1, -0.05) is 0 Å². The van der Waals surface area contributed by atoms with Crippen LogP contribution in [0.25, 0.3) is 11.3 Å². The summed E-state index contributed by atoms with van der Waals surface area (Å²) >= 11 is 0. The summed E-state index contributed by atoms with van der Waals surface area (Å²) in [7, 11) is 0. The summed E-state index contributed by atoms with van der Waals surface area (Å²) in [6, 6.07) is 5.62. The van der Waals surface area contributed by atoms with Crippen molar-refractivity contribution in [3.63, 3.8) is 0 Å². The third-order valence-electron chi connectivity index (χ3n) is 4.54. The van der Waals surface area contributed by atoms with E-state index in [4.69, 9.17) is 0 Å². The maximum absolute atomic E-state index is 12.5. The largest absolute Gasteiger partial charge is 0.355 e. The molecule has 4 heterocycles. The van der Waals surface area contributed by atoms with E-state index < -0.39 is 0 Å². The van der Waals surface area contributed by atoms with E-state index in [0.717, 1.165) is 43.0 Å². The number of piperidine rings is 1. The van der Waals surface area contributed by atoms with Gasteiger partial charge in [-0.2, -0.15) is 5.10 Å². The summed E-state index contributed by atoms with van der Waals surface area (Å²) in [5.41, 5.74) is 1.75. The molecular formula is C18H19N7O. The zero-order valence-electron chi connectivity index (χ0n) is 14.2. The Labute approximate surface area is 150 Å². The number of hydrogen-bond acceptors (Lipinski definition) is 6. The summed E-state index contributed by atoms with van der Waals surface area (Å²) in [4.78, 5) is 27.2. The minimum Gasteiger partial charge on any atom is -0.355 e. The van der Waals surface area contributed by atoms with Crippen LogP contribution in [0.5, 0.6) is 0 Å². The number of rotatable bonds is 4. The molecule has 8 heteroatoms. The van der Waals surface area contributed by atoms with Crippen LogP contribution in [0.15, 0.2) is 49.2 Å². The summed E-state index contributed by atoms with van der Waals surface area (Å²) in [6.07, 6.45) is 10.1. The molecule has 2 N–H and O–H groups in total. The molecule has 0 saturated carbocycles. The molecule has 0 aliphatic carbocycles. The van der Waals surface area contributed by atoms with Crippen LogP contribution < -0.4 is 10.2 Å². The Hall–Kier alpha value is -3.29. The van der Waals surface area contributed by atoms with Gasteiger partial charge in [-0.05, 0) is 25.0 Å². The third-order valence-corrected chi connectivity index (χ3v) is 4.54. The highest BCUT2D eigenvalue weighted by Crippen LogP contribution is 2.23. The van der Waals surface area contributed by atoms with Gasteiger partial charge in [-0.25, -0.2) is 4.98 Å². The van der Waals surface area contributed by atoms with Gasteiger partial charge in [0.05, 0.1) is 11.9 Å². The van der Waals surface area contributed by atoms with Crippen LogP contribution in [0.1, 0.15) is 12.8 Å². The van der Waals surface area contributed by atoms with Crippen LogP contribution in [0.2, 0.25) is 0 Å². The first-order valence-electron chi connectivity index (χ1n) is 8.57. The maximum Gasteiger partial charge on any atom is 0.228 e. The molecule has 0 spiro atoms. The standard InChI is InChI=1S/C18H19N7O/c26-18(13-3-8-25(9-4-13)17-12-20-6-7-21-17)22-16-10-15(23-24-16)14-2-1-5-19-11-14/h1-2,5-7,10-13H,3-4,8-9H2,(H2,22,23,24,26). The van der Waals surface area contributed by atoms with E-state index in [0.29, 0.717) is 5.82 Å². The Morgan fingerprint density at radius 2 is 2.00 bits per heavy atom. The van der Waals surface area contributed by atoms with E-state index in [-0.39, 0.29) is 11.8 Å². The van der Waals surface area contributed by atoms with E-state index in [1.807, 2.05) is 18.2 Å².